The third-order valence-electron chi connectivity index (χ3n) is 4.03. The van der Waals surface area contributed by atoms with Crippen LogP contribution in [0.4, 0.5) is 24.5 Å². The van der Waals surface area contributed by atoms with Crippen LogP contribution in [0.25, 0.3) is 0 Å². The number of alkyl halides is 3. The van der Waals surface area contributed by atoms with Crippen molar-refractivity contribution in [1.82, 2.24) is 0 Å². The molecule has 6 nitrogen and oxygen atoms in total. The zero-order valence-electron chi connectivity index (χ0n) is 15.0. The van der Waals surface area contributed by atoms with E-state index in [0.29, 0.717) is 6.92 Å². The van der Waals surface area contributed by atoms with E-state index >= 15 is 0 Å². The molecule has 0 fully saturated rings. The largest absolute Gasteiger partial charge is 0.426 e. The fraction of sp³-hybridized carbons (Fsp3) is 0.235. The number of anilines is 2. The zero-order chi connectivity index (χ0) is 22.2. The fourth-order valence-electron chi connectivity index (χ4n) is 2.11. The van der Waals surface area contributed by atoms with E-state index in [0.717, 1.165) is 16.4 Å². The van der Waals surface area contributed by atoms with Gasteiger partial charge in [0, 0.05) is 7.05 Å². The minimum absolute atomic E-state index is 0.00344. The van der Waals surface area contributed by atoms with Crippen molar-refractivity contribution in [2.75, 3.05) is 16.7 Å². The lowest BCUT2D eigenvalue weighted by Crippen LogP contribution is -2.52. The summed E-state index contributed by atoms with van der Waals surface area (Å²) in [5, 5.41) is 11.0. The highest BCUT2D eigenvalue weighted by atomic mass is 35.5. The molecule has 2 aromatic rings. The number of sulfonamides is 1. The second-order valence-corrected chi connectivity index (χ2v) is 8.84. The number of rotatable bonds is 5. The first-order valence-electron chi connectivity index (χ1n) is 7.83. The van der Waals surface area contributed by atoms with Crippen molar-refractivity contribution in [2.45, 2.75) is 23.6 Å². The maximum absolute atomic E-state index is 12.8. The summed E-state index contributed by atoms with van der Waals surface area (Å²) in [4.78, 5) is 11.6. The highest BCUT2D eigenvalue weighted by molar-refractivity contribution is 7.93. The van der Waals surface area contributed by atoms with Crippen LogP contribution in [0.15, 0.2) is 47.4 Å². The fourth-order valence-corrected chi connectivity index (χ4v) is 4.02. The van der Waals surface area contributed by atoms with E-state index in [4.69, 9.17) is 23.2 Å². The second kappa shape index (κ2) is 8.02. The number of carbonyl (C=O) groups excluding carboxylic acids is 1. The number of amides is 1. The number of nitrogens with one attached hydrogen (secondary N) is 1. The average Bonchev–Trinajstić information content (AvgIpc) is 2.61. The molecule has 0 aromatic heterocycles. The third-order valence-corrected chi connectivity index (χ3v) is 6.63. The van der Waals surface area contributed by atoms with E-state index in [1.165, 1.54) is 31.3 Å². The van der Waals surface area contributed by atoms with Gasteiger partial charge in [0.1, 0.15) is 4.90 Å². The zero-order valence-corrected chi connectivity index (χ0v) is 17.3. The molecule has 158 valence electrons. The van der Waals surface area contributed by atoms with Gasteiger partial charge in [0.15, 0.2) is 0 Å². The van der Waals surface area contributed by atoms with Crippen molar-refractivity contribution in [3.05, 3.63) is 52.5 Å². The molecule has 0 aliphatic carbocycles. The molecule has 2 rings (SSSR count). The van der Waals surface area contributed by atoms with Crippen LogP contribution in [0.5, 0.6) is 0 Å². The van der Waals surface area contributed by atoms with Gasteiger partial charge in [-0.3, -0.25) is 9.10 Å². The Balaban J connectivity index is 2.32. The first-order chi connectivity index (χ1) is 13.2. The van der Waals surface area contributed by atoms with Crippen LogP contribution in [-0.2, 0) is 14.8 Å². The highest BCUT2D eigenvalue weighted by Crippen LogP contribution is 2.34. The van der Waals surface area contributed by atoms with Gasteiger partial charge < -0.3 is 10.4 Å². The lowest BCUT2D eigenvalue weighted by atomic mass is 10.1. The van der Waals surface area contributed by atoms with E-state index in [9.17, 15) is 31.5 Å². The summed E-state index contributed by atoms with van der Waals surface area (Å²) in [6, 6.07) is 9.23. The molecule has 12 heteroatoms. The van der Waals surface area contributed by atoms with Crippen LogP contribution in [0.1, 0.15) is 6.92 Å². The molecule has 2 N–H and O–H groups in total. The van der Waals surface area contributed by atoms with Crippen molar-refractivity contribution >= 4 is 50.5 Å². The molecule has 0 spiro atoms. The molecule has 0 unspecified atom stereocenters. The molecular weight excluding hydrogens is 456 g/mol. The van der Waals surface area contributed by atoms with Crippen molar-refractivity contribution in [3.8, 4) is 0 Å². The smallest absolute Gasteiger partial charge is 0.373 e. The van der Waals surface area contributed by atoms with E-state index in [2.05, 4.69) is 0 Å². The average molecular weight is 471 g/mol. The van der Waals surface area contributed by atoms with E-state index < -0.39 is 27.7 Å². The maximum Gasteiger partial charge on any atom is 0.426 e. The predicted molar refractivity (Wildman–Crippen MR) is 104 cm³/mol. The Hall–Kier alpha value is -2.01. The predicted octanol–water partition coefficient (Wildman–Crippen LogP) is 4.07. The van der Waals surface area contributed by atoms with Gasteiger partial charge in [0.05, 0.1) is 21.4 Å². The topological polar surface area (TPSA) is 86.7 Å². The van der Waals surface area contributed by atoms with E-state index in [1.807, 2.05) is 5.32 Å². The quantitative estimate of drug-likeness (QED) is 0.689. The maximum atomic E-state index is 12.8. The second-order valence-electron chi connectivity index (χ2n) is 6.09. The summed E-state index contributed by atoms with van der Waals surface area (Å²) in [6.45, 7) is 0.300. The molecule has 0 aliphatic heterocycles. The van der Waals surface area contributed by atoms with Gasteiger partial charge in [0.2, 0.25) is 5.60 Å². The van der Waals surface area contributed by atoms with Gasteiger partial charge in [-0.25, -0.2) is 8.42 Å². The molecule has 0 heterocycles. The Morgan fingerprint density at radius 3 is 2.21 bits per heavy atom. The van der Waals surface area contributed by atoms with Gasteiger partial charge in [-0.1, -0.05) is 35.3 Å². The van der Waals surface area contributed by atoms with Crippen LogP contribution >= 0.6 is 23.2 Å². The molecule has 0 saturated heterocycles. The Labute approximate surface area is 174 Å². The Kier molecular flexibility index (Phi) is 6.43. The van der Waals surface area contributed by atoms with Crippen LogP contribution < -0.4 is 9.62 Å². The molecule has 1 amide bonds. The summed E-state index contributed by atoms with van der Waals surface area (Å²) in [6.07, 6.45) is -5.20. The van der Waals surface area contributed by atoms with Crippen LogP contribution in [-0.4, -0.2) is 38.3 Å². The first-order valence-corrected chi connectivity index (χ1v) is 10.0. The molecule has 2 aromatic carbocycles. The van der Waals surface area contributed by atoms with Crippen molar-refractivity contribution < 1.29 is 31.5 Å². The Morgan fingerprint density at radius 1 is 1.10 bits per heavy atom. The summed E-state index contributed by atoms with van der Waals surface area (Å²) in [5.74, 6) is -1.74. The molecule has 0 aliphatic rings. The van der Waals surface area contributed by atoms with Crippen molar-refractivity contribution in [3.63, 3.8) is 0 Å². The number of aliphatic hydroxyl groups is 1. The summed E-state index contributed by atoms with van der Waals surface area (Å²) < 4.78 is 64.6. The summed E-state index contributed by atoms with van der Waals surface area (Å²) in [5.41, 5.74) is -3.82. The number of carbonyl (C=O) groups is 1. The Morgan fingerprint density at radius 2 is 1.69 bits per heavy atom. The van der Waals surface area contributed by atoms with Gasteiger partial charge in [0.25, 0.3) is 15.9 Å². The number of hydrogen-bond acceptors (Lipinski definition) is 4. The van der Waals surface area contributed by atoms with Crippen molar-refractivity contribution in [2.24, 2.45) is 0 Å². The lowest BCUT2D eigenvalue weighted by Gasteiger charge is -2.25. The number of benzene rings is 2. The van der Waals surface area contributed by atoms with Gasteiger partial charge in [-0.2, -0.15) is 13.2 Å². The number of hydrogen-bond donors (Lipinski definition) is 2. The van der Waals surface area contributed by atoms with E-state index in [1.54, 1.807) is 6.07 Å². The van der Waals surface area contributed by atoms with Gasteiger partial charge in [-0.05, 0) is 37.3 Å². The molecule has 0 bridgehead atoms. The standard InChI is InChI=1S/C17H15Cl2F3N2O4S/c1-16(26,17(20,21)22)15(25)23-13-8-7-10(9-12(13)19)24(2)29(27,28)14-6-4-3-5-11(14)18/h3-9,26H,1-2H3,(H,23,25)/t16-/m0/s1. The molecule has 0 radical (unpaired) electrons. The Bertz CT molecular complexity index is 1040. The molecular formula is C17H15Cl2F3N2O4S. The molecule has 0 saturated carbocycles. The van der Waals surface area contributed by atoms with Crippen LogP contribution in [0, 0.1) is 0 Å². The minimum Gasteiger partial charge on any atom is -0.373 e. The molecule has 29 heavy (non-hydrogen) atoms. The lowest BCUT2D eigenvalue weighted by molar-refractivity contribution is -0.242. The van der Waals surface area contributed by atoms with Crippen LogP contribution in [0.3, 0.4) is 0 Å². The summed E-state index contributed by atoms with van der Waals surface area (Å²) in [7, 11) is -2.82. The number of halogens is 5. The molecule has 1 atom stereocenters. The van der Waals surface area contributed by atoms with E-state index in [-0.39, 0.29) is 26.3 Å². The van der Waals surface area contributed by atoms with Crippen LogP contribution in [0.2, 0.25) is 10.0 Å². The van der Waals surface area contributed by atoms with Crippen molar-refractivity contribution in [1.29, 1.82) is 0 Å². The highest BCUT2D eigenvalue weighted by Gasteiger charge is 2.55. The third kappa shape index (κ3) is 4.61. The van der Waals surface area contributed by atoms with Gasteiger partial charge in [-0.15, -0.1) is 0 Å². The summed E-state index contributed by atoms with van der Waals surface area (Å²) >= 11 is 11.9. The minimum atomic E-state index is -5.20. The first kappa shape index (κ1) is 23.3. The van der Waals surface area contributed by atoms with Gasteiger partial charge >= 0.3 is 6.18 Å². The normalized spacial score (nSPS) is 14.2. The SMILES string of the molecule is CN(c1ccc(NC(=O)[C@](C)(O)C(F)(F)F)c(Cl)c1)S(=O)(=O)c1ccccc1Cl. The monoisotopic (exact) mass is 470 g/mol. The number of nitrogens with zero attached hydrogens (tertiary/aromatic N) is 1.